The van der Waals surface area contributed by atoms with Crippen LogP contribution in [0.15, 0.2) is 51.4 Å². The van der Waals surface area contributed by atoms with E-state index in [0.29, 0.717) is 39.7 Å². The second-order valence-electron chi connectivity index (χ2n) is 8.75. The number of esters is 1. The lowest BCUT2D eigenvalue weighted by molar-refractivity contribution is -0.119. The average molecular weight is 500 g/mol. The van der Waals surface area contributed by atoms with E-state index in [1.54, 1.807) is 24.6 Å². The Kier molecular flexibility index (Phi) is 6.08. The van der Waals surface area contributed by atoms with Crippen LogP contribution in [0.25, 0.3) is 28.0 Å². The third kappa shape index (κ3) is 4.49. The summed E-state index contributed by atoms with van der Waals surface area (Å²) in [4.78, 5) is 30.4. The third-order valence-corrected chi connectivity index (χ3v) is 6.04. The van der Waals surface area contributed by atoms with E-state index in [1.165, 1.54) is 0 Å². The second kappa shape index (κ2) is 9.38. The van der Waals surface area contributed by atoms with Gasteiger partial charge >= 0.3 is 5.97 Å². The monoisotopic (exact) mass is 499 g/mol. The molecule has 0 unspecified atom stereocenters. The van der Waals surface area contributed by atoms with Crippen LogP contribution in [0.5, 0.6) is 0 Å². The van der Waals surface area contributed by atoms with Gasteiger partial charge in [-0.15, -0.1) is 0 Å². The molecule has 0 radical (unpaired) electrons. The van der Waals surface area contributed by atoms with E-state index in [-0.39, 0.29) is 11.3 Å². The number of furan rings is 1. The first-order chi connectivity index (χ1) is 17.7. The number of benzene rings is 1. The fourth-order valence-corrected chi connectivity index (χ4v) is 4.31. The highest BCUT2D eigenvalue weighted by Crippen LogP contribution is 2.31. The van der Waals surface area contributed by atoms with Gasteiger partial charge in [-0.25, -0.2) is 14.5 Å². The lowest BCUT2D eigenvalue weighted by Crippen LogP contribution is -2.21. The molecule has 188 valence electrons. The summed E-state index contributed by atoms with van der Waals surface area (Å²) in [6, 6.07) is 13.0. The number of nitrogens with zero attached hydrogens (tertiary/aromatic N) is 4. The van der Waals surface area contributed by atoms with Crippen LogP contribution in [0.3, 0.4) is 0 Å². The molecule has 5 rings (SSSR count). The van der Waals surface area contributed by atoms with Crippen LogP contribution in [-0.2, 0) is 9.53 Å². The molecular weight excluding hydrogens is 474 g/mol. The standard InChI is InChI=1S/C27H25N5O5/c1-14-11-20(18(5)36-14)22-12-21(24-15(2)31-37-26(24)28-22)27(34)35-13-23(33)29-25-16(3)30-32(17(25)4)19-9-7-6-8-10-19/h6-12H,13H2,1-5H3,(H,29,33). The summed E-state index contributed by atoms with van der Waals surface area (Å²) in [5.74, 6) is 0.189. The fraction of sp³-hybridized carbons (Fsp3) is 0.222. The van der Waals surface area contributed by atoms with E-state index >= 15 is 0 Å². The van der Waals surface area contributed by atoms with Gasteiger partial charge in [-0.1, -0.05) is 23.4 Å². The first-order valence-corrected chi connectivity index (χ1v) is 11.7. The number of pyridine rings is 1. The summed E-state index contributed by atoms with van der Waals surface area (Å²) in [7, 11) is 0. The molecule has 10 nitrogen and oxygen atoms in total. The molecule has 1 N–H and O–H groups in total. The zero-order valence-corrected chi connectivity index (χ0v) is 21.1. The number of ether oxygens (including phenoxy) is 1. The Morgan fingerprint density at radius 2 is 1.78 bits per heavy atom. The maximum atomic E-state index is 13.1. The van der Waals surface area contributed by atoms with Gasteiger partial charge in [0, 0.05) is 5.56 Å². The van der Waals surface area contributed by atoms with Crippen molar-refractivity contribution in [3.8, 4) is 16.9 Å². The molecule has 0 saturated carbocycles. The summed E-state index contributed by atoms with van der Waals surface area (Å²) < 4.78 is 18.1. The Morgan fingerprint density at radius 3 is 2.49 bits per heavy atom. The maximum absolute atomic E-state index is 13.1. The molecule has 0 bridgehead atoms. The largest absolute Gasteiger partial charge is 0.466 e. The maximum Gasteiger partial charge on any atom is 0.339 e. The minimum atomic E-state index is -0.693. The van der Waals surface area contributed by atoms with Crippen LogP contribution in [0.4, 0.5) is 5.69 Å². The van der Waals surface area contributed by atoms with Crippen molar-refractivity contribution in [1.29, 1.82) is 0 Å². The average Bonchev–Trinajstić information content (AvgIpc) is 3.52. The molecule has 10 heteroatoms. The molecule has 4 heterocycles. The lowest BCUT2D eigenvalue weighted by Gasteiger charge is -2.09. The number of aromatic nitrogens is 4. The number of carbonyl (C=O) groups excluding carboxylic acids is 2. The van der Waals surface area contributed by atoms with Crippen molar-refractivity contribution in [3.05, 3.63) is 76.6 Å². The number of aryl methyl sites for hydroxylation is 4. The Bertz CT molecular complexity index is 1640. The molecule has 0 atom stereocenters. The van der Waals surface area contributed by atoms with Crippen molar-refractivity contribution >= 4 is 28.7 Å². The van der Waals surface area contributed by atoms with Gasteiger partial charge in [-0.3, -0.25) is 4.79 Å². The van der Waals surface area contributed by atoms with E-state index in [9.17, 15) is 9.59 Å². The summed E-state index contributed by atoms with van der Waals surface area (Å²) in [5.41, 5.74) is 4.94. The van der Waals surface area contributed by atoms with E-state index in [1.807, 2.05) is 57.2 Å². The molecule has 0 aliphatic heterocycles. The van der Waals surface area contributed by atoms with E-state index < -0.39 is 18.5 Å². The van der Waals surface area contributed by atoms with Crippen molar-refractivity contribution in [2.45, 2.75) is 34.6 Å². The molecule has 5 aromatic rings. The topological polar surface area (TPSA) is 125 Å². The van der Waals surface area contributed by atoms with Gasteiger partial charge < -0.3 is 19.0 Å². The highest BCUT2D eigenvalue weighted by molar-refractivity contribution is 6.05. The van der Waals surface area contributed by atoms with Crippen LogP contribution >= 0.6 is 0 Å². The predicted octanol–water partition coefficient (Wildman–Crippen LogP) is 5.01. The van der Waals surface area contributed by atoms with Crippen molar-refractivity contribution in [3.63, 3.8) is 0 Å². The van der Waals surface area contributed by atoms with Gasteiger partial charge in [0.2, 0.25) is 0 Å². The molecule has 0 saturated heterocycles. The molecule has 37 heavy (non-hydrogen) atoms. The van der Waals surface area contributed by atoms with E-state index in [2.05, 4.69) is 20.6 Å². The summed E-state index contributed by atoms with van der Waals surface area (Å²) in [5, 5.41) is 11.7. The first-order valence-electron chi connectivity index (χ1n) is 11.7. The zero-order chi connectivity index (χ0) is 26.3. The number of nitrogens with one attached hydrogen (secondary N) is 1. The summed E-state index contributed by atoms with van der Waals surface area (Å²) >= 11 is 0. The Labute approximate surface area is 212 Å². The van der Waals surface area contributed by atoms with Gasteiger partial charge in [0.25, 0.3) is 11.6 Å². The van der Waals surface area contributed by atoms with Crippen molar-refractivity contribution in [2.75, 3.05) is 11.9 Å². The number of amides is 1. The second-order valence-corrected chi connectivity index (χ2v) is 8.75. The van der Waals surface area contributed by atoms with Gasteiger partial charge in [0.15, 0.2) is 6.61 Å². The Balaban J connectivity index is 1.36. The molecule has 0 fully saturated rings. The molecule has 1 amide bonds. The number of anilines is 1. The van der Waals surface area contributed by atoms with Crippen LogP contribution in [-0.4, -0.2) is 38.4 Å². The molecule has 4 aromatic heterocycles. The predicted molar refractivity (Wildman–Crippen MR) is 136 cm³/mol. The van der Waals surface area contributed by atoms with Crippen LogP contribution in [0.2, 0.25) is 0 Å². The molecule has 0 spiro atoms. The van der Waals surface area contributed by atoms with E-state index in [0.717, 1.165) is 16.9 Å². The molecule has 1 aromatic carbocycles. The number of rotatable bonds is 6. The number of fused-ring (bicyclic) bond motifs is 1. The van der Waals surface area contributed by atoms with Crippen LogP contribution in [0.1, 0.15) is 39.0 Å². The van der Waals surface area contributed by atoms with E-state index in [4.69, 9.17) is 13.7 Å². The van der Waals surface area contributed by atoms with Crippen molar-refractivity contribution < 1.29 is 23.3 Å². The van der Waals surface area contributed by atoms with Gasteiger partial charge in [0.05, 0.1) is 45.1 Å². The highest BCUT2D eigenvalue weighted by Gasteiger charge is 2.23. The normalized spacial score (nSPS) is 11.2. The molecule has 0 aliphatic carbocycles. The smallest absolute Gasteiger partial charge is 0.339 e. The summed E-state index contributed by atoms with van der Waals surface area (Å²) in [6.45, 7) is 8.53. The molecular formula is C27H25N5O5. The third-order valence-electron chi connectivity index (χ3n) is 6.04. The minimum absolute atomic E-state index is 0.198. The number of hydrogen-bond donors (Lipinski definition) is 1. The quantitative estimate of drug-likeness (QED) is 0.323. The highest BCUT2D eigenvalue weighted by atomic mass is 16.5. The SMILES string of the molecule is Cc1cc(-c2cc(C(=O)OCC(=O)Nc3c(C)nn(-c4ccccc4)c3C)c3c(C)noc3n2)c(C)o1. The first kappa shape index (κ1) is 24.0. The number of hydrogen-bond acceptors (Lipinski definition) is 8. The van der Waals surface area contributed by atoms with Crippen LogP contribution in [0, 0.1) is 34.6 Å². The van der Waals surface area contributed by atoms with Gasteiger partial charge in [0.1, 0.15) is 11.5 Å². The number of carbonyl (C=O) groups is 2. The van der Waals surface area contributed by atoms with Gasteiger partial charge in [-0.05, 0) is 58.9 Å². The minimum Gasteiger partial charge on any atom is -0.466 e. The Hall–Kier alpha value is -4.73. The van der Waals surface area contributed by atoms with Crippen molar-refractivity contribution in [2.24, 2.45) is 0 Å². The lowest BCUT2D eigenvalue weighted by atomic mass is 10.1. The van der Waals surface area contributed by atoms with Crippen LogP contribution < -0.4 is 5.32 Å². The van der Waals surface area contributed by atoms with Gasteiger partial charge in [-0.2, -0.15) is 5.10 Å². The van der Waals surface area contributed by atoms with Crippen molar-refractivity contribution in [1.82, 2.24) is 19.9 Å². The molecule has 0 aliphatic rings. The fourth-order valence-electron chi connectivity index (χ4n) is 4.31. The summed E-state index contributed by atoms with van der Waals surface area (Å²) in [6.07, 6.45) is 0. The zero-order valence-electron chi connectivity index (χ0n) is 21.1. The number of para-hydroxylation sites is 1. The Morgan fingerprint density at radius 1 is 1.03 bits per heavy atom.